The molecule has 114 valence electrons. The van der Waals surface area contributed by atoms with Crippen LogP contribution in [-0.4, -0.2) is 22.6 Å². The van der Waals surface area contributed by atoms with Crippen LogP contribution in [-0.2, 0) is 144 Å². The standard InChI is InChI=1S/C11H11N2.CH.7W/c1-3-4-10-12-13(2)11-8-6-5-7-9-11;;;;;;;;/h1,3,5-10H,2H3;1H;;;;;;;/q2*-1;;;;;;;/b12-10+;;;;;;;;. The number of hydrazone groups is 1. The van der Waals surface area contributed by atoms with E-state index in [9.17, 15) is 0 Å². The van der Waals surface area contributed by atoms with Gasteiger partial charge in [0, 0.05) is 105 Å². The zero-order valence-electron chi connectivity index (χ0n) is 10.9. The molecule has 0 heterocycles. The summed E-state index contributed by atoms with van der Waals surface area (Å²) in [4.78, 5) is 4.58. The first-order chi connectivity index (χ1) is 7.84. The predicted octanol–water partition coefficient (Wildman–Crippen LogP) is 1.65. The van der Waals surface area contributed by atoms with Crippen molar-refractivity contribution in [3.63, 3.8) is 0 Å². The van der Waals surface area contributed by atoms with Gasteiger partial charge in [-0.3, -0.25) is 0 Å². The average molecular weight is 1470 g/mol. The summed E-state index contributed by atoms with van der Waals surface area (Å²) in [6, 6.07) is 9.99. The van der Waals surface area contributed by atoms with E-state index >= 15 is 0 Å². The van der Waals surface area contributed by atoms with Gasteiger partial charge in [-0.05, 0) is 0 Å². The molecule has 0 atom stereocenters. The van der Waals surface area contributed by atoms with E-state index in [1.165, 1.54) is 19.4 Å². The molecule has 0 saturated heterocycles. The molecular weight excluding hydrogens is 1460 g/mol. The molecule has 0 aromatic heterocycles. The Labute approximate surface area is 221 Å². The van der Waals surface area contributed by atoms with Crippen LogP contribution in [0.15, 0.2) is 41.5 Å². The summed E-state index contributed by atoms with van der Waals surface area (Å²) in [5.74, 6) is 0. The smallest absolute Gasteiger partial charge is 0 e. The summed E-state index contributed by atoms with van der Waals surface area (Å²) in [5.41, 5.74) is 1.07. The fourth-order valence-corrected chi connectivity index (χ4v) is 1.19. The Hall–Kier alpha value is 2.99. The van der Waals surface area contributed by atoms with Crippen molar-refractivity contribution in [2.45, 2.75) is 0 Å². The van der Waals surface area contributed by atoms with E-state index in [1.54, 1.807) is 6.21 Å². The number of benzene rings is 1. The fourth-order valence-electron chi connectivity index (χ4n) is 0.913. The summed E-state index contributed by atoms with van der Waals surface area (Å²) < 4.78 is 1.99. The number of para-hydroxylation sites is 1. The number of rotatable bonds is 4. The van der Waals surface area contributed by atoms with E-state index in [-0.39, 0.29) is 105 Å². The van der Waals surface area contributed by atoms with Crippen molar-refractivity contribution in [1.82, 2.24) is 0 Å². The molecule has 0 aliphatic heterocycles. The molecule has 0 N–H and O–H groups in total. The van der Waals surface area contributed by atoms with E-state index in [2.05, 4.69) is 16.1 Å². The number of hydrogen-bond acceptors (Lipinski definition) is 2. The zero-order valence-corrected chi connectivity index (χ0v) is 31.5. The number of nitrogens with zero attached hydrogens (tertiary/aromatic N) is 2. The Morgan fingerprint density at radius 3 is 1.95 bits per heavy atom. The Morgan fingerprint density at radius 1 is 1.05 bits per heavy atom. The maximum atomic E-state index is 4.58. The SMILES string of the molecule is CN(/N=C/[C-]=C[CH]=[W])c1ccccc1.[CH-]=[W].[W].[W].[W].[W].[W]. The maximum Gasteiger partial charge on any atom is 0 e. The summed E-state index contributed by atoms with van der Waals surface area (Å²) >= 11 is 2.50. The minimum atomic E-state index is 0. The van der Waals surface area contributed by atoms with Crippen molar-refractivity contribution in [3.05, 3.63) is 42.5 Å². The van der Waals surface area contributed by atoms with Crippen LogP contribution in [0.25, 0.3) is 0 Å². The van der Waals surface area contributed by atoms with Gasteiger partial charge >= 0.3 is 120 Å². The van der Waals surface area contributed by atoms with E-state index in [0.717, 1.165) is 25.0 Å². The molecule has 0 saturated carbocycles. The van der Waals surface area contributed by atoms with E-state index in [1.807, 2.05) is 52.9 Å². The van der Waals surface area contributed by atoms with Gasteiger partial charge in [0.05, 0.1) is 0 Å². The minimum Gasteiger partial charge on any atom is 0 e. The summed E-state index contributed by atoms with van der Waals surface area (Å²) in [5, 5.41) is 6.00. The molecule has 2 nitrogen and oxygen atoms in total. The Balaban J connectivity index is -0.0000000770. The second-order valence-corrected chi connectivity index (χ2v) is 3.55. The van der Waals surface area contributed by atoms with Crippen LogP contribution in [0.5, 0.6) is 0 Å². The molecule has 0 amide bonds. The van der Waals surface area contributed by atoms with Crippen molar-refractivity contribution in [2.75, 3.05) is 12.1 Å². The summed E-state index contributed by atoms with van der Waals surface area (Å²) in [6.07, 6.45) is 6.46. The van der Waals surface area contributed by atoms with Crippen molar-refractivity contribution in [2.24, 2.45) is 5.10 Å². The van der Waals surface area contributed by atoms with Crippen LogP contribution in [0.1, 0.15) is 0 Å². The van der Waals surface area contributed by atoms with Crippen LogP contribution >= 0.6 is 0 Å². The van der Waals surface area contributed by atoms with Gasteiger partial charge in [-0.25, -0.2) is 0 Å². The molecule has 0 aliphatic carbocycles. The van der Waals surface area contributed by atoms with Gasteiger partial charge in [0.25, 0.3) is 0 Å². The number of hydrogen-bond donors (Lipinski definition) is 0. The minimum absolute atomic E-state index is 0. The fraction of sp³-hybridized carbons (Fsp3) is 0.0833. The van der Waals surface area contributed by atoms with Gasteiger partial charge in [0.1, 0.15) is 0 Å². The van der Waals surface area contributed by atoms with Crippen molar-refractivity contribution >= 4 is 21.2 Å². The van der Waals surface area contributed by atoms with Gasteiger partial charge < -0.3 is 0 Å². The molecule has 0 bridgehead atoms. The Morgan fingerprint density at radius 2 is 1.52 bits per heavy atom. The van der Waals surface area contributed by atoms with Gasteiger partial charge in [-0.2, -0.15) is 0 Å². The third kappa shape index (κ3) is 23.0. The largest absolute Gasteiger partial charge is 0 e. The quantitative estimate of drug-likeness (QED) is 0.255. The normalized spacial score (nSPS) is 7.48. The molecule has 0 unspecified atom stereocenters. The first-order valence-electron chi connectivity index (χ1n) is 4.42. The third-order valence-electron chi connectivity index (χ3n) is 1.60. The first kappa shape index (κ1) is 39.2. The maximum absolute atomic E-state index is 4.58. The topological polar surface area (TPSA) is 15.6 Å². The summed E-state index contributed by atoms with van der Waals surface area (Å²) in [7, 11) is 1.91. The van der Waals surface area contributed by atoms with Gasteiger partial charge in [0.15, 0.2) is 0 Å². The van der Waals surface area contributed by atoms with Crippen LogP contribution in [0.3, 0.4) is 0 Å². The molecule has 0 spiro atoms. The Kier molecular flexibility index (Phi) is 57.5. The molecule has 1 rings (SSSR count). The van der Waals surface area contributed by atoms with Gasteiger partial charge in [-0.1, -0.05) is 0 Å². The summed E-state index contributed by atoms with van der Waals surface area (Å²) in [6.45, 7) is 0. The molecule has 0 aliphatic rings. The molecule has 1 aromatic rings. The third-order valence-corrected chi connectivity index (χ3v) is 2.09. The van der Waals surface area contributed by atoms with E-state index < -0.39 is 0 Å². The average Bonchev–Trinajstić information content (AvgIpc) is 2.38. The van der Waals surface area contributed by atoms with Crippen molar-refractivity contribution in [1.29, 1.82) is 0 Å². The van der Waals surface area contributed by atoms with E-state index in [0.29, 0.717) is 0 Å². The zero-order chi connectivity index (χ0) is 12.2. The molecular formula is C12H12N2W7-2. The van der Waals surface area contributed by atoms with Crippen LogP contribution in [0.2, 0.25) is 0 Å². The molecule has 21 heavy (non-hydrogen) atoms. The predicted molar refractivity (Wildman–Crippen MR) is 63.3 cm³/mol. The van der Waals surface area contributed by atoms with Crippen LogP contribution in [0.4, 0.5) is 5.69 Å². The van der Waals surface area contributed by atoms with Crippen LogP contribution in [0, 0.1) is 6.08 Å². The number of allylic oxidation sites excluding steroid dienone is 2. The molecule has 0 radical (unpaired) electrons. The second-order valence-electron chi connectivity index (χ2n) is 2.57. The monoisotopic (exact) mass is 1470 g/mol. The van der Waals surface area contributed by atoms with Gasteiger partial charge in [-0.15, -0.1) is 0 Å². The second kappa shape index (κ2) is 30.8. The Bertz CT molecular complexity index is 358. The van der Waals surface area contributed by atoms with Crippen molar-refractivity contribution < 1.29 is 144 Å². The van der Waals surface area contributed by atoms with Gasteiger partial charge in [0.2, 0.25) is 0 Å². The molecule has 1 aromatic carbocycles. The first-order valence-corrected chi connectivity index (χ1v) is 7.81. The molecule has 9 heteroatoms. The van der Waals surface area contributed by atoms with Crippen LogP contribution < -0.4 is 5.01 Å². The van der Waals surface area contributed by atoms with E-state index in [4.69, 9.17) is 0 Å². The molecule has 0 fully saturated rings. The van der Waals surface area contributed by atoms with Crippen molar-refractivity contribution in [3.8, 4) is 0 Å². The number of anilines is 1.